The second-order valence-corrected chi connectivity index (χ2v) is 8.57. The fourth-order valence-electron chi connectivity index (χ4n) is 3.90. The number of nitrogens with zero attached hydrogens (tertiary/aromatic N) is 1. The minimum absolute atomic E-state index is 0. The van der Waals surface area contributed by atoms with E-state index < -0.39 is 0 Å². The predicted molar refractivity (Wildman–Crippen MR) is 135 cm³/mol. The summed E-state index contributed by atoms with van der Waals surface area (Å²) >= 11 is 5.94. The lowest BCUT2D eigenvalue weighted by molar-refractivity contribution is 0.103. The second kappa shape index (κ2) is 10.9. The maximum atomic E-state index is 12.9. The lowest BCUT2D eigenvalue weighted by atomic mass is 9.97. The van der Waals surface area contributed by atoms with Crippen molar-refractivity contribution < 1.29 is 9.59 Å². The van der Waals surface area contributed by atoms with Crippen LogP contribution in [0.25, 0.3) is 0 Å². The molecule has 6 nitrogen and oxygen atoms in total. The van der Waals surface area contributed by atoms with Gasteiger partial charge in [0, 0.05) is 54.1 Å². The van der Waals surface area contributed by atoms with Crippen molar-refractivity contribution in [1.29, 1.82) is 0 Å². The Labute approximate surface area is 205 Å². The average Bonchev–Trinajstić information content (AvgIpc) is 3.21. The molecule has 1 aliphatic rings. The summed E-state index contributed by atoms with van der Waals surface area (Å²) in [6.07, 6.45) is 0. The van der Waals surface area contributed by atoms with E-state index in [-0.39, 0.29) is 30.1 Å². The van der Waals surface area contributed by atoms with Gasteiger partial charge < -0.3 is 20.5 Å². The van der Waals surface area contributed by atoms with Gasteiger partial charge in [0.15, 0.2) is 0 Å². The van der Waals surface area contributed by atoms with Crippen LogP contribution in [0.2, 0.25) is 5.02 Å². The molecule has 3 aromatic rings. The van der Waals surface area contributed by atoms with E-state index in [0.717, 1.165) is 35.6 Å². The fourth-order valence-corrected chi connectivity index (χ4v) is 4.03. The first-order valence-electron chi connectivity index (χ1n) is 10.8. The summed E-state index contributed by atoms with van der Waals surface area (Å²) in [7, 11) is 0. The Hall–Kier alpha value is -2.80. The molecule has 8 heteroatoms. The summed E-state index contributed by atoms with van der Waals surface area (Å²) in [6, 6.07) is 16.7. The van der Waals surface area contributed by atoms with E-state index in [9.17, 15) is 9.59 Å². The molecule has 0 aliphatic carbocycles. The number of benzene rings is 2. The van der Waals surface area contributed by atoms with Crippen molar-refractivity contribution in [3.63, 3.8) is 0 Å². The standard InChI is InChI=1S/C25H27ClN4O2.ClH/c1-16-15-22(29-23(16)24(31)19-3-7-20(26)8-4-19)17(2)18-5-9-21(10-6-18)28-25(32)30-13-11-27-12-14-30;/h3-10,15,17,27,29H,11-14H2,1-2H3,(H,28,32);1H. The SMILES string of the molecule is Cc1cc(C(C)c2ccc(NC(=O)N3CCNCC3)cc2)[nH]c1C(=O)c1ccc(Cl)cc1.Cl. The Balaban J connectivity index is 0.00000306. The van der Waals surface area contributed by atoms with Gasteiger partial charge in [0.05, 0.1) is 5.69 Å². The Kier molecular flexibility index (Phi) is 8.19. The molecular weight excluding hydrogens is 459 g/mol. The molecule has 1 aromatic heterocycles. The topological polar surface area (TPSA) is 77.2 Å². The van der Waals surface area contributed by atoms with Gasteiger partial charge in [-0.1, -0.05) is 30.7 Å². The molecule has 0 bridgehead atoms. The fraction of sp³-hybridized carbons (Fsp3) is 0.280. The molecular formula is C25H28Cl2N4O2. The zero-order chi connectivity index (χ0) is 22.7. The smallest absolute Gasteiger partial charge is 0.321 e. The van der Waals surface area contributed by atoms with Crippen LogP contribution in [0, 0.1) is 6.92 Å². The van der Waals surface area contributed by atoms with Crippen LogP contribution in [-0.2, 0) is 0 Å². The van der Waals surface area contributed by atoms with Crippen molar-refractivity contribution in [3.05, 3.63) is 87.7 Å². The molecule has 33 heavy (non-hydrogen) atoms. The van der Waals surface area contributed by atoms with Crippen molar-refractivity contribution in [3.8, 4) is 0 Å². The second-order valence-electron chi connectivity index (χ2n) is 8.13. The molecule has 1 unspecified atom stereocenters. The van der Waals surface area contributed by atoms with Crippen LogP contribution in [0.5, 0.6) is 0 Å². The van der Waals surface area contributed by atoms with Crippen LogP contribution in [0.1, 0.15) is 45.7 Å². The van der Waals surface area contributed by atoms with E-state index in [4.69, 9.17) is 11.6 Å². The molecule has 4 rings (SSSR count). The Bertz CT molecular complexity index is 1100. The molecule has 0 spiro atoms. The van der Waals surface area contributed by atoms with E-state index in [2.05, 4.69) is 22.5 Å². The van der Waals surface area contributed by atoms with Crippen molar-refractivity contribution in [1.82, 2.24) is 15.2 Å². The van der Waals surface area contributed by atoms with Gasteiger partial charge in [0.2, 0.25) is 5.78 Å². The van der Waals surface area contributed by atoms with Gasteiger partial charge in [-0.2, -0.15) is 0 Å². The van der Waals surface area contributed by atoms with E-state index in [1.54, 1.807) is 24.3 Å². The highest BCUT2D eigenvalue weighted by molar-refractivity contribution is 6.30. The highest BCUT2D eigenvalue weighted by Crippen LogP contribution is 2.27. The number of carbonyl (C=O) groups excluding carboxylic acids is 2. The summed E-state index contributed by atoms with van der Waals surface area (Å²) in [6.45, 7) is 7.10. The maximum absolute atomic E-state index is 12.9. The van der Waals surface area contributed by atoms with Gasteiger partial charge in [-0.3, -0.25) is 4.79 Å². The van der Waals surface area contributed by atoms with Crippen LogP contribution >= 0.6 is 24.0 Å². The van der Waals surface area contributed by atoms with E-state index >= 15 is 0 Å². The number of amides is 2. The molecule has 174 valence electrons. The third-order valence-corrected chi connectivity index (χ3v) is 6.15. The highest BCUT2D eigenvalue weighted by Gasteiger charge is 2.19. The lowest BCUT2D eigenvalue weighted by Gasteiger charge is -2.27. The third-order valence-electron chi connectivity index (χ3n) is 5.90. The van der Waals surface area contributed by atoms with Gasteiger partial charge in [0.1, 0.15) is 0 Å². The maximum Gasteiger partial charge on any atom is 0.321 e. The number of hydrogen-bond donors (Lipinski definition) is 3. The number of aromatic amines is 1. The quantitative estimate of drug-likeness (QED) is 0.432. The van der Waals surface area contributed by atoms with Crippen molar-refractivity contribution in [2.75, 3.05) is 31.5 Å². The molecule has 1 fully saturated rings. The first kappa shape index (κ1) is 24.8. The normalized spacial score (nSPS) is 14.3. The number of aromatic nitrogens is 1. The van der Waals surface area contributed by atoms with E-state index in [1.807, 2.05) is 42.2 Å². The molecule has 2 aromatic carbocycles. The van der Waals surface area contributed by atoms with E-state index in [0.29, 0.717) is 29.4 Å². The van der Waals surface area contributed by atoms with Crippen LogP contribution < -0.4 is 10.6 Å². The number of piperazine rings is 1. The summed E-state index contributed by atoms with van der Waals surface area (Å²) in [5, 5.41) is 6.81. The highest BCUT2D eigenvalue weighted by atomic mass is 35.5. The summed E-state index contributed by atoms with van der Waals surface area (Å²) in [4.78, 5) is 30.4. The summed E-state index contributed by atoms with van der Waals surface area (Å²) in [5.41, 5.74) is 4.93. The largest absolute Gasteiger partial charge is 0.355 e. The lowest BCUT2D eigenvalue weighted by Crippen LogP contribution is -2.48. The zero-order valence-corrected chi connectivity index (χ0v) is 20.2. The monoisotopic (exact) mass is 486 g/mol. The Morgan fingerprint density at radius 1 is 1.03 bits per heavy atom. The van der Waals surface area contributed by atoms with Gasteiger partial charge in [-0.05, 0) is 60.5 Å². The van der Waals surface area contributed by atoms with Crippen molar-refractivity contribution >= 4 is 41.5 Å². The first-order chi connectivity index (χ1) is 15.4. The Morgan fingerprint density at radius 2 is 1.67 bits per heavy atom. The number of carbonyl (C=O) groups is 2. The van der Waals surface area contributed by atoms with Gasteiger partial charge in [-0.15, -0.1) is 12.4 Å². The molecule has 0 saturated carbocycles. The van der Waals surface area contributed by atoms with Crippen LogP contribution in [0.15, 0.2) is 54.6 Å². The molecule has 2 heterocycles. The number of H-pyrrole nitrogens is 1. The number of rotatable bonds is 5. The van der Waals surface area contributed by atoms with E-state index in [1.165, 1.54) is 0 Å². The summed E-state index contributed by atoms with van der Waals surface area (Å²) in [5.74, 6) is 0.0157. The minimum atomic E-state index is -0.0716. The van der Waals surface area contributed by atoms with Gasteiger partial charge in [-0.25, -0.2) is 4.79 Å². The zero-order valence-electron chi connectivity index (χ0n) is 18.7. The molecule has 1 aliphatic heterocycles. The number of nitrogens with one attached hydrogen (secondary N) is 3. The molecule has 2 amide bonds. The predicted octanol–water partition coefficient (Wildman–Crippen LogP) is 5.22. The molecule has 3 N–H and O–H groups in total. The van der Waals surface area contributed by atoms with Crippen LogP contribution in [-0.4, -0.2) is 47.9 Å². The number of anilines is 1. The number of ketones is 1. The first-order valence-corrected chi connectivity index (χ1v) is 11.2. The van der Waals surface area contributed by atoms with Crippen LogP contribution in [0.4, 0.5) is 10.5 Å². The molecule has 1 saturated heterocycles. The van der Waals surface area contributed by atoms with Gasteiger partial charge in [0.25, 0.3) is 0 Å². The molecule has 1 atom stereocenters. The summed E-state index contributed by atoms with van der Waals surface area (Å²) < 4.78 is 0. The number of urea groups is 1. The van der Waals surface area contributed by atoms with Gasteiger partial charge >= 0.3 is 6.03 Å². The van der Waals surface area contributed by atoms with Crippen molar-refractivity contribution in [2.45, 2.75) is 19.8 Å². The number of aryl methyl sites for hydroxylation is 1. The minimum Gasteiger partial charge on any atom is -0.355 e. The number of halogens is 2. The van der Waals surface area contributed by atoms with Crippen LogP contribution in [0.3, 0.4) is 0 Å². The van der Waals surface area contributed by atoms with Crippen molar-refractivity contribution in [2.24, 2.45) is 0 Å². The Morgan fingerprint density at radius 3 is 2.30 bits per heavy atom. The third kappa shape index (κ3) is 5.77. The average molecular weight is 487 g/mol. The molecule has 0 radical (unpaired) electrons. The number of hydrogen-bond acceptors (Lipinski definition) is 3.